The molecule has 2 aliphatic heterocycles. The molecule has 2 aliphatic rings. The van der Waals surface area contributed by atoms with Crippen LogP contribution in [0.3, 0.4) is 0 Å². The van der Waals surface area contributed by atoms with Gasteiger partial charge in [-0.1, -0.05) is 6.92 Å². The van der Waals surface area contributed by atoms with Crippen molar-refractivity contribution in [3.63, 3.8) is 0 Å². The largest absolute Gasteiger partial charge is 0.481 e. The predicted molar refractivity (Wildman–Crippen MR) is 67.2 cm³/mol. The van der Waals surface area contributed by atoms with Gasteiger partial charge in [0.2, 0.25) is 11.8 Å². The molecule has 3 unspecified atom stereocenters. The SMILES string of the molecule is CCN1CC(C(=O)N2CC(C)C(C(=O)O)C2)CC1=O. The summed E-state index contributed by atoms with van der Waals surface area (Å²) in [5.74, 6) is -1.71. The van der Waals surface area contributed by atoms with E-state index in [-0.39, 0.29) is 36.6 Å². The molecule has 2 amide bonds. The van der Waals surface area contributed by atoms with E-state index in [1.807, 2.05) is 13.8 Å². The van der Waals surface area contributed by atoms with E-state index in [4.69, 9.17) is 5.11 Å². The van der Waals surface area contributed by atoms with Crippen molar-refractivity contribution in [2.24, 2.45) is 17.8 Å². The number of carboxylic acids is 1. The molecule has 0 bridgehead atoms. The number of likely N-dealkylation sites (tertiary alicyclic amines) is 2. The maximum absolute atomic E-state index is 12.3. The lowest BCUT2D eigenvalue weighted by Gasteiger charge is -2.20. The Balaban J connectivity index is 1.99. The summed E-state index contributed by atoms with van der Waals surface area (Å²) in [5, 5.41) is 9.07. The summed E-state index contributed by atoms with van der Waals surface area (Å²) in [6, 6.07) is 0. The van der Waals surface area contributed by atoms with Gasteiger partial charge in [-0.3, -0.25) is 14.4 Å². The first-order valence-electron chi connectivity index (χ1n) is 6.73. The minimum Gasteiger partial charge on any atom is -0.481 e. The Kier molecular flexibility index (Phi) is 3.78. The lowest BCUT2D eigenvalue weighted by molar-refractivity contribution is -0.142. The third kappa shape index (κ3) is 2.57. The monoisotopic (exact) mass is 268 g/mol. The van der Waals surface area contributed by atoms with Gasteiger partial charge in [-0.05, 0) is 12.8 Å². The highest BCUT2D eigenvalue weighted by Gasteiger charge is 2.41. The molecule has 0 spiro atoms. The maximum Gasteiger partial charge on any atom is 0.308 e. The number of rotatable bonds is 3. The van der Waals surface area contributed by atoms with E-state index in [1.54, 1.807) is 9.80 Å². The Hall–Kier alpha value is -1.59. The maximum atomic E-state index is 12.3. The van der Waals surface area contributed by atoms with Crippen LogP contribution in [0.2, 0.25) is 0 Å². The summed E-state index contributed by atoms with van der Waals surface area (Å²) in [6.45, 7) is 5.58. The Bertz CT molecular complexity index is 409. The van der Waals surface area contributed by atoms with E-state index < -0.39 is 11.9 Å². The van der Waals surface area contributed by atoms with Crippen LogP contribution in [0.25, 0.3) is 0 Å². The second-order valence-electron chi connectivity index (χ2n) is 5.50. The molecular weight excluding hydrogens is 248 g/mol. The molecule has 2 saturated heterocycles. The summed E-state index contributed by atoms with van der Waals surface area (Å²) in [4.78, 5) is 38.3. The van der Waals surface area contributed by atoms with Gasteiger partial charge >= 0.3 is 5.97 Å². The van der Waals surface area contributed by atoms with Crippen LogP contribution in [0.4, 0.5) is 0 Å². The highest BCUT2D eigenvalue weighted by Crippen LogP contribution is 2.27. The van der Waals surface area contributed by atoms with Crippen LogP contribution in [0.15, 0.2) is 0 Å². The first-order chi connectivity index (χ1) is 8.93. The van der Waals surface area contributed by atoms with Gasteiger partial charge in [0.15, 0.2) is 0 Å². The fourth-order valence-corrected chi connectivity index (χ4v) is 2.97. The molecule has 0 aromatic carbocycles. The first-order valence-corrected chi connectivity index (χ1v) is 6.73. The summed E-state index contributed by atoms with van der Waals surface area (Å²) < 4.78 is 0. The van der Waals surface area contributed by atoms with Gasteiger partial charge in [0.25, 0.3) is 0 Å². The standard InChI is InChI=1S/C13H20N2O4/c1-3-14-6-9(4-11(14)16)12(17)15-5-8(2)10(7-15)13(18)19/h8-10H,3-7H2,1-2H3,(H,18,19). The molecule has 6 heteroatoms. The van der Waals surface area contributed by atoms with E-state index >= 15 is 0 Å². The third-order valence-electron chi connectivity index (χ3n) is 4.19. The highest BCUT2D eigenvalue weighted by molar-refractivity contribution is 5.89. The quantitative estimate of drug-likeness (QED) is 0.783. The molecule has 0 aliphatic carbocycles. The molecule has 2 fully saturated rings. The van der Waals surface area contributed by atoms with Crippen molar-refractivity contribution in [1.82, 2.24) is 9.80 Å². The average Bonchev–Trinajstić information content (AvgIpc) is 2.91. The number of nitrogens with zero attached hydrogens (tertiary/aromatic N) is 2. The molecule has 0 aromatic rings. The van der Waals surface area contributed by atoms with Crippen LogP contribution in [0, 0.1) is 17.8 Å². The fraction of sp³-hybridized carbons (Fsp3) is 0.769. The number of aliphatic carboxylic acids is 1. The van der Waals surface area contributed by atoms with Gasteiger partial charge in [-0.2, -0.15) is 0 Å². The van der Waals surface area contributed by atoms with Gasteiger partial charge in [0.05, 0.1) is 11.8 Å². The zero-order valence-corrected chi connectivity index (χ0v) is 11.3. The minimum atomic E-state index is -0.847. The molecule has 1 N–H and O–H groups in total. The lowest BCUT2D eigenvalue weighted by atomic mass is 9.99. The number of carbonyl (C=O) groups is 3. The zero-order chi connectivity index (χ0) is 14.2. The van der Waals surface area contributed by atoms with Crippen molar-refractivity contribution in [3.8, 4) is 0 Å². The smallest absolute Gasteiger partial charge is 0.308 e. The number of hydrogen-bond donors (Lipinski definition) is 1. The predicted octanol–water partition coefficient (Wildman–Crippen LogP) is 0.0339. The molecule has 2 heterocycles. The Morgan fingerprint density at radius 2 is 2.00 bits per heavy atom. The van der Waals surface area contributed by atoms with E-state index in [0.29, 0.717) is 19.6 Å². The van der Waals surface area contributed by atoms with E-state index in [1.165, 1.54) is 0 Å². The lowest BCUT2D eigenvalue weighted by Crippen LogP contribution is -2.36. The average molecular weight is 268 g/mol. The summed E-state index contributed by atoms with van der Waals surface area (Å²) in [7, 11) is 0. The topological polar surface area (TPSA) is 77.9 Å². The number of amides is 2. The molecule has 2 rings (SSSR count). The molecule has 3 atom stereocenters. The van der Waals surface area contributed by atoms with Gasteiger partial charge < -0.3 is 14.9 Å². The van der Waals surface area contributed by atoms with Crippen molar-refractivity contribution in [2.45, 2.75) is 20.3 Å². The number of hydrogen-bond acceptors (Lipinski definition) is 3. The van der Waals surface area contributed by atoms with Crippen LogP contribution >= 0.6 is 0 Å². The minimum absolute atomic E-state index is 0.0166. The Morgan fingerprint density at radius 3 is 2.47 bits per heavy atom. The number of carbonyl (C=O) groups excluding carboxylic acids is 2. The van der Waals surface area contributed by atoms with Crippen LogP contribution in [-0.2, 0) is 14.4 Å². The molecule has 6 nitrogen and oxygen atoms in total. The summed E-state index contributed by atoms with van der Waals surface area (Å²) in [5.41, 5.74) is 0. The summed E-state index contributed by atoms with van der Waals surface area (Å²) >= 11 is 0. The van der Waals surface area contributed by atoms with Crippen LogP contribution < -0.4 is 0 Å². The highest BCUT2D eigenvalue weighted by atomic mass is 16.4. The van der Waals surface area contributed by atoms with Gasteiger partial charge in [-0.25, -0.2) is 0 Å². The first kappa shape index (κ1) is 13.8. The van der Waals surface area contributed by atoms with Crippen molar-refractivity contribution in [2.75, 3.05) is 26.2 Å². The van der Waals surface area contributed by atoms with Crippen LogP contribution in [-0.4, -0.2) is 58.9 Å². The molecule has 0 radical (unpaired) electrons. The van der Waals surface area contributed by atoms with E-state index in [0.717, 1.165) is 0 Å². The second kappa shape index (κ2) is 5.19. The molecule has 106 valence electrons. The molecule has 19 heavy (non-hydrogen) atoms. The van der Waals surface area contributed by atoms with Crippen LogP contribution in [0.1, 0.15) is 20.3 Å². The number of carboxylic acid groups (broad SMARTS) is 1. The Labute approximate surface area is 112 Å². The zero-order valence-electron chi connectivity index (χ0n) is 11.3. The third-order valence-corrected chi connectivity index (χ3v) is 4.19. The van der Waals surface area contributed by atoms with Crippen LogP contribution in [0.5, 0.6) is 0 Å². The van der Waals surface area contributed by atoms with Crippen molar-refractivity contribution >= 4 is 17.8 Å². The van der Waals surface area contributed by atoms with Crippen molar-refractivity contribution in [1.29, 1.82) is 0 Å². The van der Waals surface area contributed by atoms with Gasteiger partial charge in [-0.15, -0.1) is 0 Å². The normalized spacial score (nSPS) is 31.1. The van der Waals surface area contributed by atoms with Crippen molar-refractivity contribution in [3.05, 3.63) is 0 Å². The van der Waals surface area contributed by atoms with Gasteiger partial charge in [0, 0.05) is 32.6 Å². The van der Waals surface area contributed by atoms with Crippen molar-refractivity contribution < 1.29 is 19.5 Å². The molecule has 0 aromatic heterocycles. The molecule has 0 saturated carbocycles. The van der Waals surface area contributed by atoms with Gasteiger partial charge in [0.1, 0.15) is 0 Å². The second-order valence-corrected chi connectivity index (χ2v) is 5.50. The fourth-order valence-electron chi connectivity index (χ4n) is 2.97. The molecular formula is C13H20N2O4. The van der Waals surface area contributed by atoms with E-state index in [2.05, 4.69) is 0 Å². The Morgan fingerprint density at radius 1 is 1.32 bits per heavy atom. The summed E-state index contributed by atoms with van der Waals surface area (Å²) in [6.07, 6.45) is 0.259. The van der Waals surface area contributed by atoms with E-state index in [9.17, 15) is 14.4 Å².